The monoisotopic (exact) mass is 356 g/mol. The van der Waals surface area contributed by atoms with E-state index in [0.717, 1.165) is 38.5 Å². The first-order valence-electron chi connectivity index (χ1n) is 8.29. The van der Waals surface area contributed by atoms with Crippen LogP contribution in [0.4, 0.5) is 4.39 Å². The molecule has 0 rings (SSSR count). The van der Waals surface area contributed by atoms with E-state index in [1.54, 1.807) is 0 Å². The van der Waals surface area contributed by atoms with Crippen LogP contribution in [0.25, 0.3) is 0 Å². The van der Waals surface area contributed by atoms with Gasteiger partial charge in [-0.2, -0.15) is 8.42 Å². The SMILES string of the molecule is O=C(CCOS(=O)(=O)O)OCCCCCCCCCCCCF. The molecule has 0 saturated carbocycles. The van der Waals surface area contributed by atoms with E-state index in [9.17, 15) is 17.6 Å². The molecule has 0 aromatic carbocycles. The van der Waals surface area contributed by atoms with Gasteiger partial charge in [-0.25, -0.2) is 4.18 Å². The fraction of sp³-hybridized carbons (Fsp3) is 0.933. The molecule has 0 saturated heterocycles. The maximum Gasteiger partial charge on any atom is 0.397 e. The zero-order chi connectivity index (χ0) is 17.4. The van der Waals surface area contributed by atoms with Crippen molar-refractivity contribution in [2.24, 2.45) is 0 Å². The van der Waals surface area contributed by atoms with Gasteiger partial charge in [-0.15, -0.1) is 0 Å². The number of alkyl halides is 1. The summed E-state index contributed by atoms with van der Waals surface area (Å²) >= 11 is 0. The Morgan fingerprint density at radius 3 is 1.78 bits per heavy atom. The molecule has 0 aliphatic carbocycles. The van der Waals surface area contributed by atoms with Gasteiger partial charge in [0.1, 0.15) is 0 Å². The van der Waals surface area contributed by atoms with Crippen LogP contribution in [0.5, 0.6) is 0 Å². The molecule has 0 bridgehead atoms. The van der Waals surface area contributed by atoms with Crippen molar-refractivity contribution in [3.05, 3.63) is 0 Å². The fourth-order valence-corrected chi connectivity index (χ4v) is 2.39. The third kappa shape index (κ3) is 19.2. The smallest absolute Gasteiger partial charge is 0.397 e. The quantitative estimate of drug-likeness (QED) is 0.258. The van der Waals surface area contributed by atoms with E-state index < -0.39 is 23.0 Å². The third-order valence-electron chi connectivity index (χ3n) is 3.33. The van der Waals surface area contributed by atoms with Crippen LogP contribution < -0.4 is 0 Å². The highest BCUT2D eigenvalue weighted by atomic mass is 32.3. The maximum absolute atomic E-state index is 11.9. The van der Waals surface area contributed by atoms with E-state index in [1.165, 1.54) is 19.3 Å². The molecule has 1 N–H and O–H groups in total. The number of halogens is 1. The molecule has 0 aromatic heterocycles. The van der Waals surface area contributed by atoms with Crippen LogP contribution >= 0.6 is 0 Å². The van der Waals surface area contributed by atoms with Crippen LogP contribution in [0.2, 0.25) is 0 Å². The highest BCUT2D eigenvalue weighted by molar-refractivity contribution is 7.80. The lowest BCUT2D eigenvalue weighted by Gasteiger charge is -2.05. The van der Waals surface area contributed by atoms with Gasteiger partial charge in [0, 0.05) is 0 Å². The van der Waals surface area contributed by atoms with Crippen molar-refractivity contribution in [1.29, 1.82) is 0 Å². The molecule has 0 amide bonds. The molecule has 6 nitrogen and oxygen atoms in total. The largest absolute Gasteiger partial charge is 0.466 e. The second-order valence-electron chi connectivity index (χ2n) is 5.44. The zero-order valence-corrected chi connectivity index (χ0v) is 14.5. The minimum atomic E-state index is -4.49. The second kappa shape index (κ2) is 14.8. The Hall–Kier alpha value is -0.730. The molecule has 0 aromatic rings. The molecule has 0 unspecified atom stereocenters. The average Bonchev–Trinajstić information content (AvgIpc) is 2.47. The van der Waals surface area contributed by atoms with Crippen molar-refractivity contribution >= 4 is 16.4 Å². The highest BCUT2D eigenvalue weighted by Crippen LogP contribution is 2.10. The van der Waals surface area contributed by atoms with Gasteiger partial charge in [-0.3, -0.25) is 13.7 Å². The summed E-state index contributed by atoms with van der Waals surface area (Å²) in [5.41, 5.74) is 0. The number of esters is 1. The predicted octanol–water partition coefficient (Wildman–Crippen LogP) is 3.61. The van der Waals surface area contributed by atoms with Crippen molar-refractivity contribution < 1.29 is 31.1 Å². The van der Waals surface area contributed by atoms with E-state index in [0.29, 0.717) is 13.0 Å². The first-order chi connectivity index (χ1) is 11.0. The standard InChI is InChI=1S/C15H29FO6S/c16-12-9-7-5-3-1-2-4-6-8-10-13-21-15(17)11-14-22-23(18,19)20/h1-14H2,(H,18,19,20). The van der Waals surface area contributed by atoms with Crippen molar-refractivity contribution in [2.75, 3.05) is 19.9 Å². The summed E-state index contributed by atoms with van der Waals surface area (Å²) in [6.45, 7) is -0.310. The lowest BCUT2D eigenvalue weighted by molar-refractivity contribution is -0.144. The van der Waals surface area contributed by atoms with Gasteiger partial charge >= 0.3 is 16.4 Å². The van der Waals surface area contributed by atoms with E-state index in [2.05, 4.69) is 4.18 Å². The Balaban J connectivity index is 3.22. The lowest BCUT2D eigenvalue weighted by atomic mass is 10.1. The normalized spacial score (nSPS) is 11.6. The van der Waals surface area contributed by atoms with Gasteiger partial charge in [0.25, 0.3) is 0 Å². The molecular weight excluding hydrogens is 327 g/mol. The number of rotatable bonds is 16. The van der Waals surface area contributed by atoms with Crippen molar-refractivity contribution in [1.82, 2.24) is 0 Å². The lowest BCUT2D eigenvalue weighted by Crippen LogP contribution is -2.12. The topological polar surface area (TPSA) is 89.9 Å². The molecule has 0 heterocycles. The molecule has 0 radical (unpaired) electrons. The summed E-state index contributed by atoms with van der Waals surface area (Å²) in [6.07, 6.45) is 10.1. The van der Waals surface area contributed by atoms with Crippen LogP contribution in [0.3, 0.4) is 0 Å². The third-order valence-corrected chi connectivity index (χ3v) is 3.79. The van der Waals surface area contributed by atoms with Gasteiger partial charge in [0.05, 0.1) is 26.3 Å². The summed E-state index contributed by atoms with van der Waals surface area (Å²) in [6, 6.07) is 0. The number of ether oxygens (including phenoxy) is 1. The predicted molar refractivity (Wildman–Crippen MR) is 85.2 cm³/mol. The molecule has 8 heteroatoms. The number of carbonyl (C=O) groups is 1. The van der Waals surface area contributed by atoms with Crippen LogP contribution in [-0.2, 0) is 24.1 Å². The molecule has 138 valence electrons. The van der Waals surface area contributed by atoms with Gasteiger partial charge in [0.2, 0.25) is 0 Å². The zero-order valence-electron chi connectivity index (χ0n) is 13.7. The first-order valence-corrected chi connectivity index (χ1v) is 9.65. The van der Waals surface area contributed by atoms with Crippen LogP contribution in [0.15, 0.2) is 0 Å². The number of hydrogen-bond acceptors (Lipinski definition) is 5. The van der Waals surface area contributed by atoms with Crippen molar-refractivity contribution in [2.45, 2.75) is 70.6 Å². The minimum absolute atomic E-state index is 0.206. The highest BCUT2D eigenvalue weighted by Gasteiger charge is 2.08. The van der Waals surface area contributed by atoms with Gasteiger partial charge in [-0.1, -0.05) is 51.4 Å². The summed E-state index contributed by atoms with van der Waals surface area (Å²) in [4.78, 5) is 11.2. The van der Waals surface area contributed by atoms with E-state index in [-0.39, 0.29) is 13.1 Å². The molecular formula is C15H29FO6S. The van der Waals surface area contributed by atoms with Gasteiger partial charge in [0.15, 0.2) is 0 Å². The Morgan fingerprint density at radius 1 is 0.826 bits per heavy atom. The minimum Gasteiger partial charge on any atom is -0.466 e. The fourth-order valence-electron chi connectivity index (χ4n) is 2.10. The summed E-state index contributed by atoms with van der Waals surface area (Å²) in [5.74, 6) is -0.540. The Bertz CT molecular complexity index is 385. The molecule has 0 aliphatic rings. The van der Waals surface area contributed by atoms with Crippen molar-refractivity contribution in [3.8, 4) is 0 Å². The summed E-state index contributed by atoms with van der Waals surface area (Å²) in [7, 11) is -4.49. The molecule has 0 fully saturated rings. The molecule has 0 spiro atoms. The van der Waals surface area contributed by atoms with Crippen molar-refractivity contribution in [3.63, 3.8) is 0 Å². The summed E-state index contributed by atoms with van der Waals surface area (Å²) in [5, 5.41) is 0. The van der Waals surface area contributed by atoms with Gasteiger partial charge in [-0.05, 0) is 12.8 Å². The van der Waals surface area contributed by atoms with Gasteiger partial charge < -0.3 is 4.74 Å². The average molecular weight is 356 g/mol. The van der Waals surface area contributed by atoms with E-state index in [4.69, 9.17) is 9.29 Å². The Morgan fingerprint density at radius 2 is 1.30 bits per heavy atom. The first kappa shape index (κ1) is 22.3. The number of carbonyl (C=O) groups excluding carboxylic acids is 1. The number of unbranched alkanes of at least 4 members (excludes halogenated alkanes) is 9. The molecule has 0 aliphatic heterocycles. The second-order valence-corrected chi connectivity index (χ2v) is 6.54. The Labute approximate surface area is 138 Å². The van der Waals surface area contributed by atoms with Crippen LogP contribution in [-0.4, -0.2) is 38.8 Å². The van der Waals surface area contributed by atoms with E-state index >= 15 is 0 Å². The van der Waals surface area contributed by atoms with Crippen LogP contribution in [0.1, 0.15) is 70.6 Å². The summed E-state index contributed by atoms with van der Waals surface area (Å²) < 4.78 is 49.6. The van der Waals surface area contributed by atoms with Crippen LogP contribution in [0, 0.1) is 0 Å². The number of hydrogen-bond donors (Lipinski definition) is 1. The molecule has 23 heavy (non-hydrogen) atoms. The van der Waals surface area contributed by atoms with E-state index in [1.807, 2.05) is 0 Å². The maximum atomic E-state index is 11.9. The Kier molecular flexibility index (Phi) is 14.4. The molecule has 0 atom stereocenters.